The number of rotatable bonds is 11. The number of para-hydroxylation sites is 1. The van der Waals surface area contributed by atoms with Crippen molar-refractivity contribution >= 4 is 10.1 Å². The van der Waals surface area contributed by atoms with Crippen LogP contribution in [0, 0.1) is 0 Å². The molecule has 0 aliphatic carbocycles. The van der Waals surface area contributed by atoms with E-state index in [1.807, 2.05) is 18.2 Å². The van der Waals surface area contributed by atoms with Crippen molar-refractivity contribution in [2.24, 2.45) is 0 Å². The summed E-state index contributed by atoms with van der Waals surface area (Å²) in [6, 6.07) is 13.5. The van der Waals surface area contributed by atoms with E-state index in [0.29, 0.717) is 5.75 Å². The molecule has 0 saturated carbocycles. The first-order valence-electron chi connectivity index (χ1n) is 9.32. The summed E-state index contributed by atoms with van der Waals surface area (Å²) >= 11 is 0. The molecule has 0 aliphatic heterocycles. The van der Waals surface area contributed by atoms with Gasteiger partial charge in [-0.1, -0.05) is 63.6 Å². The van der Waals surface area contributed by atoms with Crippen LogP contribution in [0.3, 0.4) is 0 Å². The van der Waals surface area contributed by atoms with Crippen LogP contribution in [0.25, 0.3) is 0 Å². The van der Waals surface area contributed by atoms with E-state index in [-0.39, 0.29) is 56.3 Å². The van der Waals surface area contributed by atoms with Gasteiger partial charge in [0, 0.05) is 0 Å². The molecule has 0 amide bonds. The second-order valence-electron chi connectivity index (χ2n) is 6.51. The van der Waals surface area contributed by atoms with Crippen LogP contribution in [0.1, 0.15) is 57.4 Å². The minimum atomic E-state index is -4.43. The minimum absolute atomic E-state index is 0. The summed E-state index contributed by atoms with van der Waals surface area (Å²) < 4.78 is 38.9. The van der Waals surface area contributed by atoms with Crippen molar-refractivity contribution in [1.82, 2.24) is 0 Å². The quantitative estimate of drug-likeness (QED) is 0.322. The molecule has 0 aromatic heterocycles. The first kappa shape index (κ1) is 24.8. The van der Waals surface area contributed by atoms with Crippen molar-refractivity contribution < 1.29 is 69.1 Å². The maximum Gasteiger partial charge on any atom is 1.00 e. The van der Waals surface area contributed by atoms with Gasteiger partial charge < -0.3 is 9.29 Å². The molecule has 0 aliphatic rings. The van der Waals surface area contributed by atoms with Crippen molar-refractivity contribution in [2.45, 2.75) is 63.2 Å². The van der Waals surface area contributed by atoms with Gasteiger partial charge in [-0.3, -0.25) is 0 Å². The first-order valence-corrected chi connectivity index (χ1v) is 10.7. The summed E-state index contributed by atoms with van der Waals surface area (Å²) in [7, 11) is -4.43. The Balaban J connectivity index is 0.00000364. The van der Waals surface area contributed by atoms with Gasteiger partial charge in [-0.2, -0.15) is 0 Å². The Morgan fingerprint density at radius 1 is 0.852 bits per heavy atom. The van der Waals surface area contributed by atoms with E-state index >= 15 is 0 Å². The van der Waals surface area contributed by atoms with E-state index in [1.165, 1.54) is 62.8 Å². The molecule has 142 valence electrons. The van der Waals surface area contributed by atoms with Crippen LogP contribution in [0.15, 0.2) is 53.4 Å². The molecule has 2 aromatic rings. The van der Waals surface area contributed by atoms with E-state index in [9.17, 15) is 13.0 Å². The van der Waals surface area contributed by atoms with E-state index < -0.39 is 10.1 Å². The van der Waals surface area contributed by atoms with Crippen molar-refractivity contribution in [3.05, 3.63) is 54.1 Å². The smallest absolute Gasteiger partial charge is 0.744 e. The summed E-state index contributed by atoms with van der Waals surface area (Å²) in [6.07, 6.45) is 9.79. The van der Waals surface area contributed by atoms with Gasteiger partial charge in [0.25, 0.3) is 0 Å². The normalized spacial score (nSPS) is 11.0. The molecule has 2 aromatic carbocycles. The van der Waals surface area contributed by atoms with E-state index in [2.05, 4.69) is 13.0 Å². The van der Waals surface area contributed by atoms with Crippen LogP contribution in [0.2, 0.25) is 0 Å². The van der Waals surface area contributed by atoms with Gasteiger partial charge >= 0.3 is 51.4 Å². The van der Waals surface area contributed by atoms with Gasteiger partial charge in [-0.05, 0) is 48.7 Å². The molecule has 2 rings (SSSR count). The summed E-state index contributed by atoms with van der Waals surface area (Å²) in [4.78, 5) is -0.249. The maximum atomic E-state index is 11.0. The Labute approximate surface area is 205 Å². The molecule has 0 N–H and O–H groups in total. The number of ether oxygens (including phenoxy) is 1. The third kappa shape index (κ3) is 9.22. The van der Waals surface area contributed by atoms with Crippen molar-refractivity contribution in [1.29, 1.82) is 0 Å². The molecule has 0 atom stereocenters. The number of benzene rings is 2. The second kappa shape index (κ2) is 13.1. The minimum Gasteiger partial charge on any atom is -0.744 e. The van der Waals surface area contributed by atoms with Crippen molar-refractivity contribution in [2.75, 3.05) is 0 Å². The van der Waals surface area contributed by atoms with Crippen molar-refractivity contribution in [3.8, 4) is 11.5 Å². The largest absolute Gasteiger partial charge is 1.00 e. The Kier molecular flexibility index (Phi) is 12.0. The molecule has 0 spiro atoms. The zero-order chi connectivity index (χ0) is 18.8. The zero-order valence-electron chi connectivity index (χ0n) is 16.3. The molecule has 27 heavy (non-hydrogen) atoms. The fourth-order valence-electron chi connectivity index (χ4n) is 2.88. The summed E-state index contributed by atoms with van der Waals surface area (Å²) in [5.41, 5.74) is 1.14. The van der Waals surface area contributed by atoms with Gasteiger partial charge in [0.2, 0.25) is 0 Å². The standard InChI is InChI=1S/C21H28O4S.K/c1-2-3-4-5-6-7-8-11-18-12-9-10-13-21(18)25-19-14-16-20(17-15-19)26(22,23)24;/h9-10,12-17H,2-8,11H2,1H3,(H,22,23,24);/q;+1/p-1. The summed E-state index contributed by atoms with van der Waals surface area (Å²) in [6.45, 7) is 2.23. The van der Waals surface area contributed by atoms with Gasteiger partial charge in [0.1, 0.15) is 21.6 Å². The molecule has 0 saturated heterocycles. The molecular formula is C21H27KO4S. The maximum absolute atomic E-state index is 11.0. The summed E-state index contributed by atoms with van der Waals surface area (Å²) in [5.74, 6) is 1.29. The average Bonchev–Trinajstić information content (AvgIpc) is 2.62. The van der Waals surface area contributed by atoms with E-state index in [1.54, 1.807) is 0 Å². The molecule has 0 unspecified atom stereocenters. The zero-order valence-corrected chi connectivity index (χ0v) is 20.3. The van der Waals surface area contributed by atoms with Gasteiger partial charge in [-0.15, -0.1) is 0 Å². The van der Waals surface area contributed by atoms with Gasteiger partial charge in [0.15, 0.2) is 0 Å². The van der Waals surface area contributed by atoms with Crippen LogP contribution in [-0.2, 0) is 16.5 Å². The van der Waals surface area contributed by atoms with Crippen molar-refractivity contribution in [3.63, 3.8) is 0 Å². The monoisotopic (exact) mass is 414 g/mol. The Bertz CT molecular complexity index is 773. The third-order valence-electron chi connectivity index (χ3n) is 4.36. The fourth-order valence-corrected chi connectivity index (χ4v) is 3.35. The molecule has 0 radical (unpaired) electrons. The Hall–Kier alpha value is -0.214. The van der Waals surface area contributed by atoms with E-state index in [0.717, 1.165) is 24.2 Å². The predicted octanol–water partition coefficient (Wildman–Crippen LogP) is 2.68. The van der Waals surface area contributed by atoms with Gasteiger partial charge in [0.05, 0.1) is 4.90 Å². The number of hydrogen-bond acceptors (Lipinski definition) is 4. The van der Waals surface area contributed by atoms with E-state index in [4.69, 9.17) is 4.74 Å². The molecule has 0 heterocycles. The topological polar surface area (TPSA) is 66.4 Å². The molecular weight excluding hydrogens is 387 g/mol. The van der Waals surface area contributed by atoms with Crippen LogP contribution in [0.4, 0.5) is 0 Å². The van der Waals surface area contributed by atoms with Crippen LogP contribution in [-0.4, -0.2) is 13.0 Å². The van der Waals surface area contributed by atoms with Gasteiger partial charge in [-0.25, -0.2) is 8.42 Å². The van der Waals surface area contributed by atoms with Crippen LogP contribution in [0.5, 0.6) is 11.5 Å². The average molecular weight is 415 g/mol. The Morgan fingerprint density at radius 3 is 2.07 bits per heavy atom. The predicted molar refractivity (Wildman–Crippen MR) is 103 cm³/mol. The van der Waals surface area contributed by atoms with Crippen LogP contribution < -0.4 is 56.1 Å². The molecule has 0 bridgehead atoms. The third-order valence-corrected chi connectivity index (χ3v) is 5.21. The molecule has 4 nitrogen and oxygen atoms in total. The summed E-state index contributed by atoms with van der Waals surface area (Å²) in [5, 5.41) is 0. The molecule has 0 fully saturated rings. The Morgan fingerprint density at radius 2 is 1.44 bits per heavy atom. The SMILES string of the molecule is CCCCCCCCCc1ccccc1Oc1ccc(S(=O)(=O)[O-])cc1.[K+]. The number of aryl methyl sites for hydroxylation is 1. The number of unbranched alkanes of at least 4 members (excludes halogenated alkanes) is 6. The second-order valence-corrected chi connectivity index (χ2v) is 7.89. The first-order chi connectivity index (χ1) is 12.5. The van der Waals surface area contributed by atoms with Crippen LogP contribution >= 0.6 is 0 Å². The molecule has 6 heteroatoms. The fraction of sp³-hybridized carbons (Fsp3) is 0.429. The number of hydrogen-bond donors (Lipinski definition) is 0.